The van der Waals surface area contributed by atoms with Crippen LogP contribution in [0.3, 0.4) is 0 Å². The van der Waals surface area contributed by atoms with Crippen LogP contribution in [0.4, 0.5) is 4.79 Å². The van der Waals surface area contributed by atoms with Gasteiger partial charge in [-0.1, -0.05) is 12.2 Å². The van der Waals surface area contributed by atoms with E-state index in [2.05, 4.69) is 13.0 Å². The molecule has 0 radical (unpaired) electrons. The molecule has 3 nitrogen and oxygen atoms in total. The van der Waals surface area contributed by atoms with Gasteiger partial charge in [0.2, 0.25) is 0 Å². The minimum Gasteiger partial charge on any atom is -0.444 e. The topological polar surface area (TPSA) is 29.5 Å². The first-order valence-electron chi connectivity index (χ1n) is 6.49. The highest BCUT2D eigenvalue weighted by Gasteiger charge is 2.33. The summed E-state index contributed by atoms with van der Waals surface area (Å²) in [5.74, 6) is 0. The van der Waals surface area contributed by atoms with E-state index in [4.69, 9.17) is 4.74 Å². The van der Waals surface area contributed by atoms with Crippen molar-refractivity contribution in [3.8, 4) is 0 Å². The fourth-order valence-corrected chi connectivity index (χ4v) is 2.27. The zero-order valence-electron chi connectivity index (χ0n) is 11.7. The molecule has 0 saturated carbocycles. The Labute approximate surface area is 105 Å². The largest absolute Gasteiger partial charge is 0.444 e. The van der Waals surface area contributed by atoms with Crippen molar-refractivity contribution < 1.29 is 9.53 Å². The lowest BCUT2D eigenvalue weighted by Crippen LogP contribution is -2.49. The Bertz CT molecular complexity index is 291. The van der Waals surface area contributed by atoms with Crippen molar-refractivity contribution >= 4 is 6.09 Å². The van der Waals surface area contributed by atoms with E-state index in [-0.39, 0.29) is 18.2 Å². The predicted octanol–water partition coefficient (Wildman–Crippen LogP) is 3.74. The zero-order valence-corrected chi connectivity index (χ0v) is 11.7. The fourth-order valence-electron chi connectivity index (χ4n) is 2.27. The third-order valence-electron chi connectivity index (χ3n) is 2.97. The average Bonchev–Trinajstić information content (AvgIpc) is 2.15. The molecule has 1 aliphatic heterocycles. The van der Waals surface area contributed by atoms with Gasteiger partial charge in [0.05, 0.1) is 6.04 Å². The van der Waals surface area contributed by atoms with Gasteiger partial charge in [-0.15, -0.1) is 0 Å². The fraction of sp³-hybridized carbons (Fsp3) is 0.786. The van der Waals surface area contributed by atoms with Gasteiger partial charge in [0.25, 0.3) is 0 Å². The Hall–Kier alpha value is -0.990. The Morgan fingerprint density at radius 3 is 2.53 bits per heavy atom. The van der Waals surface area contributed by atoms with Gasteiger partial charge >= 0.3 is 6.09 Å². The summed E-state index contributed by atoms with van der Waals surface area (Å²) in [5, 5.41) is 0. The van der Waals surface area contributed by atoms with Gasteiger partial charge in [-0.25, -0.2) is 4.79 Å². The van der Waals surface area contributed by atoms with Crippen molar-refractivity contribution in [1.29, 1.82) is 0 Å². The van der Waals surface area contributed by atoms with Crippen molar-refractivity contribution in [3.05, 3.63) is 12.2 Å². The summed E-state index contributed by atoms with van der Waals surface area (Å²) < 4.78 is 5.48. The number of hydrogen-bond donors (Lipinski definition) is 0. The molecule has 0 aromatic carbocycles. The molecule has 0 aromatic heterocycles. The molecule has 0 unspecified atom stereocenters. The van der Waals surface area contributed by atoms with E-state index >= 15 is 0 Å². The summed E-state index contributed by atoms with van der Waals surface area (Å²) in [6.07, 6.45) is 7.20. The summed E-state index contributed by atoms with van der Waals surface area (Å²) in [6, 6.07) is 0.457. The molecule has 0 N–H and O–H groups in total. The Morgan fingerprint density at radius 1 is 1.35 bits per heavy atom. The summed E-state index contributed by atoms with van der Waals surface area (Å²) in [7, 11) is 0. The maximum atomic E-state index is 12.2. The number of carbonyl (C=O) groups excluding carboxylic acids is 1. The van der Waals surface area contributed by atoms with Crippen molar-refractivity contribution in [1.82, 2.24) is 4.90 Å². The Kier molecular flexibility index (Phi) is 4.61. The lowest BCUT2D eigenvalue weighted by Gasteiger charge is -2.39. The van der Waals surface area contributed by atoms with Crippen LogP contribution in [0.5, 0.6) is 0 Å². The van der Waals surface area contributed by atoms with Crippen LogP contribution in [0.1, 0.15) is 53.9 Å². The van der Waals surface area contributed by atoms with Crippen molar-refractivity contribution in [3.63, 3.8) is 0 Å². The Balaban J connectivity index is 2.78. The molecule has 17 heavy (non-hydrogen) atoms. The third-order valence-corrected chi connectivity index (χ3v) is 2.97. The summed E-state index contributed by atoms with van der Waals surface area (Å²) in [6.45, 7) is 9.81. The smallest absolute Gasteiger partial charge is 0.411 e. The number of ether oxygens (including phenoxy) is 1. The van der Waals surface area contributed by atoms with E-state index in [1.165, 1.54) is 6.42 Å². The van der Waals surface area contributed by atoms with Gasteiger partial charge in [0, 0.05) is 6.04 Å². The highest BCUT2D eigenvalue weighted by atomic mass is 16.6. The predicted molar refractivity (Wildman–Crippen MR) is 70.0 cm³/mol. The van der Waals surface area contributed by atoms with Gasteiger partial charge in [0.15, 0.2) is 0 Å². The van der Waals surface area contributed by atoms with Crippen LogP contribution in [0.15, 0.2) is 12.2 Å². The van der Waals surface area contributed by atoms with Crippen LogP contribution >= 0.6 is 0 Å². The van der Waals surface area contributed by atoms with Gasteiger partial charge in [-0.2, -0.15) is 0 Å². The standard InChI is InChI=1S/C14H25NO2/c1-6-8-12-10-7-9-11(2)15(12)13(16)17-14(3,4)5/h6,8,11-12H,7,9-10H2,1-5H3/t11-,12-/m0/s1. The molecule has 2 atom stereocenters. The molecular weight excluding hydrogens is 214 g/mol. The van der Waals surface area contributed by atoms with E-state index in [1.54, 1.807) is 0 Å². The zero-order chi connectivity index (χ0) is 13.1. The van der Waals surface area contributed by atoms with Crippen LogP contribution in [0, 0.1) is 0 Å². The van der Waals surface area contributed by atoms with Gasteiger partial charge in [-0.3, -0.25) is 4.90 Å². The first-order valence-corrected chi connectivity index (χ1v) is 6.49. The lowest BCUT2D eigenvalue weighted by atomic mass is 9.96. The molecule has 1 amide bonds. The molecule has 0 aliphatic carbocycles. The number of likely N-dealkylation sites (tertiary alicyclic amines) is 1. The molecule has 3 heteroatoms. The summed E-state index contributed by atoms with van der Waals surface area (Å²) >= 11 is 0. The van der Waals surface area contributed by atoms with Crippen LogP contribution < -0.4 is 0 Å². The first-order chi connectivity index (χ1) is 7.85. The van der Waals surface area contributed by atoms with E-state index in [0.717, 1.165) is 12.8 Å². The van der Waals surface area contributed by atoms with Gasteiger partial charge in [0.1, 0.15) is 5.60 Å². The maximum Gasteiger partial charge on any atom is 0.411 e. The van der Waals surface area contributed by atoms with Crippen LogP contribution in [-0.2, 0) is 4.74 Å². The van der Waals surface area contributed by atoms with Crippen molar-refractivity contribution in [2.24, 2.45) is 0 Å². The Morgan fingerprint density at radius 2 is 2.00 bits per heavy atom. The highest BCUT2D eigenvalue weighted by Crippen LogP contribution is 2.25. The second-order valence-corrected chi connectivity index (χ2v) is 5.76. The summed E-state index contributed by atoms with van der Waals surface area (Å²) in [5.41, 5.74) is -0.422. The van der Waals surface area contributed by atoms with Crippen LogP contribution in [-0.4, -0.2) is 28.7 Å². The number of carbonyl (C=O) groups is 1. The number of allylic oxidation sites excluding steroid dienone is 1. The highest BCUT2D eigenvalue weighted by molar-refractivity contribution is 5.69. The maximum absolute atomic E-state index is 12.2. The normalized spacial score (nSPS) is 26.3. The third kappa shape index (κ3) is 4.06. The molecule has 1 fully saturated rings. The number of rotatable bonds is 1. The number of hydrogen-bond acceptors (Lipinski definition) is 2. The average molecular weight is 239 g/mol. The van der Waals surface area contributed by atoms with Crippen molar-refractivity contribution in [2.45, 2.75) is 71.6 Å². The van der Waals surface area contributed by atoms with Crippen LogP contribution in [0.2, 0.25) is 0 Å². The van der Waals surface area contributed by atoms with Gasteiger partial charge < -0.3 is 4.74 Å². The second-order valence-electron chi connectivity index (χ2n) is 5.76. The molecule has 1 rings (SSSR count). The van der Waals surface area contributed by atoms with Crippen LogP contribution in [0.25, 0.3) is 0 Å². The van der Waals surface area contributed by atoms with Gasteiger partial charge in [-0.05, 0) is 53.9 Å². The molecule has 0 aromatic rings. The first kappa shape index (κ1) is 14.1. The monoisotopic (exact) mass is 239 g/mol. The molecular formula is C14H25NO2. The van der Waals surface area contributed by atoms with Crippen molar-refractivity contribution in [2.75, 3.05) is 0 Å². The molecule has 0 bridgehead atoms. The SMILES string of the molecule is CC=C[C@H]1CCC[C@H](C)N1C(=O)OC(C)(C)C. The molecule has 0 spiro atoms. The van der Waals surface area contributed by atoms with E-state index in [0.29, 0.717) is 0 Å². The molecule has 1 saturated heterocycles. The number of piperidine rings is 1. The minimum absolute atomic E-state index is 0.187. The molecule has 98 valence electrons. The lowest BCUT2D eigenvalue weighted by molar-refractivity contribution is 0.00360. The number of nitrogens with zero attached hydrogens (tertiary/aromatic N) is 1. The van der Waals surface area contributed by atoms with E-state index < -0.39 is 5.60 Å². The summed E-state index contributed by atoms with van der Waals surface area (Å²) in [4.78, 5) is 14.1. The van der Waals surface area contributed by atoms with E-state index in [9.17, 15) is 4.79 Å². The molecule has 1 heterocycles. The second kappa shape index (κ2) is 5.56. The van der Waals surface area contributed by atoms with E-state index in [1.807, 2.05) is 38.7 Å². The number of amides is 1. The quantitative estimate of drug-likeness (QED) is 0.652. The minimum atomic E-state index is -0.422. The molecule has 1 aliphatic rings.